The maximum Gasteiger partial charge on any atom is 0.0813 e. The maximum absolute atomic E-state index is 3.66. The third-order valence-electron chi connectivity index (χ3n) is 4.26. The summed E-state index contributed by atoms with van der Waals surface area (Å²) in [6.07, 6.45) is 4.12. The smallest absolute Gasteiger partial charge is 0.0813 e. The van der Waals surface area contributed by atoms with Crippen LogP contribution in [0.4, 0.5) is 0 Å². The highest BCUT2D eigenvalue weighted by molar-refractivity contribution is 6.90. The summed E-state index contributed by atoms with van der Waals surface area (Å²) in [5.74, 6) is 0.889. The van der Waals surface area contributed by atoms with Gasteiger partial charge in [0.15, 0.2) is 0 Å². The van der Waals surface area contributed by atoms with E-state index in [0.717, 1.165) is 12.5 Å². The average Bonchev–Trinajstić information content (AvgIpc) is 2.34. The minimum Gasteiger partial charge on any atom is -0.312 e. The normalized spacial score (nSPS) is 22.9. The number of hydrogen-bond acceptors (Lipinski definition) is 1. The number of fused-ring (bicyclic) bond motifs is 1. The van der Waals surface area contributed by atoms with Crippen LogP contribution in [0.1, 0.15) is 31.7 Å². The molecule has 0 aliphatic carbocycles. The number of benzene rings is 1. The Bertz CT molecular complexity index is 386. The van der Waals surface area contributed by atoms with Crippen LogP contribution in [-0.2, 0) is 6.54 Å². The molecule has 1 aromatic rings. The van der Waals surface area contributed by atoms with Gasteiger partial charge in [-0.25, -0.2) is 0 Å². The first-order valence-corrected chi connectivity index (χ1v) is 10.6. The highest BCUT2D eigenvalue weighted by atomic mass is 28.3. The first kappa shape index (κ1) is 13.8. The fraction of sp³-hybridized carbons (Fsp3) is 0.625. The van der Waals surface area contributed by atoms with Crippen LogP contribution in [0.2, 0.25) is 19.1 Å². The third kappa shape index (κ3) is 3.24. The number of unbranched alkanes of at least 4 members (excludes halogenated alkanes) is 1. The molecule has 1 heterocycles. The fourth-order valence-corrected chi connectivity index (χ4v) is 6.95. The van der Waals surface area contributed by atoms with E-state index in [2.05, 4.69) is 49.6 Å². The lowest BCUT2D eigenvalue weighted by atomic mass is 10.0. The van der Waals surface area contributed by atoms with Crippen molar-refractivity contribution in [2.45, 2.75) is 51.9 Å². The molecular formula is C16H27NSi. The van der Waals surface area contributed by atoms with E-state index in [0.29, 0.717) is 0 Å². The zero-order valence-corrected chi connectivity index (χ0v) is 13.1. The van der Waals surface area contributed by atoms with Gasteiger partial charge in [-0.1, -0.05) is 62.3 Å². The molecule has 0 saturated carbocycles. The van der Waals surface area contributed by atoms with E-state index in [1.165, 1.54) is 31.9 Å². The van der Waals surface area contributed by atoms with Crippen molar-refractivity contribution < 1.29 is 0 Å². The Morgan fingerprint density at radius 1 is 1.28 bits per heavy atom. The molecule has 2 heteroatoms. The Labute approximate surface area is 113 Å². The van der Waals surface area contributed by atoms with Crippen LogP contribution in [0.3, 0.4) is 0 Å². The van der Waals surface area contributed by atoms with E-state index in [1.807, 2.05) is 0 Å². The van der Waals surface area contributed by atoms with Gasteiger partial charge in [0.2, 0.25) is 0 Å². The molecule has 0 saturated heterocycles. The summed E-state index contributed by atoms with van der Waals surface area (Å²) in [7, 11) is -1.25. The Balaban J connectivity index is 2.18. The fourth-order valence-electron chi connectivity index (χ4n) is 3.35. The summed E-state index contributed by atoms with van der Waals surface area (Å²) in [6, 6.07) is 10.5. The molecule has 0 amide bonds. The number of hydrogen-bond donors (Lipinski definition) is 1. The van der Waals surface area contributed by atoms with Gasteiger partial charge >= 0.3 is 0 Å². The summed E-state index contributed by atoms with van der Waals surface area (Å²) in [5, 5.41) is 5.34. The summed E-state index contributed by atoms with van der Waals surface area (Å²) < 4.78 is 0. The van der Waals surface area contributed by atoms with Gasteiger partial charge in [-0.2, -0.15) is 0 Å². The lowest BCUT2D eigenvalue weighted by Crippen LogP contribution is -2.48. The van der Waals surface area contributed by atoms with Crippen molar-refractivity contribution in [2.24, 2.45) is 5.92 Å². The molecule has 1 nitrogen and oxygen atoms in total. The van der Waals surface area contributed by atoms with E-state index in [4.69, 9.17) is 0 Å². The standard InChI is InChI=1S/C16H27NSi/c1-4-5-8-14-11-17-12-15-9-6-7-10-16(15)18(2,3)13-14/h6-7,9-10,14,17H,4-5,8,11-13H2,1-3H3. The van der Waals surface area contributed by atoms with Gasteiger partial charge < -0.3 is 5.32 Å². The van der Waals surface area contributed by atoms with Crippen LogP contribution >= 0.6 is 0 Å². The predicted octanol–water partition coefficient (Wildman–Crippen LogP) is 3.51. The van der Waals surface area contributed by atoms with E-state index in [1.54, 1.807) is 10.8 Å². The molecule has 0 bridgehead atoms. The molecular weight excluding hydrogens is 234 g/mol. The van der Waals surface area contributed by atoms with Crippen molar-refractivity contribution in [3.8, 4) is 0 Å². The van der Waals surface area contributed by atoms with Gasteiger partial charge in [-0.05, 0) is 30.5 Å². The van der Waals surface area contributed by atoms with Gasteiger partial charge in [0, 0.05) is 6.54 Å². The minimum absolute atomic E-state index is 0.889. The average molecular weight is 261 g/mol. The van der Waals surface area contributed by atoms with Gasteiger partial charge in [-0.3, -0.25) is 0 Å². The lowest BCUT2D eigenvalue weighted by molar-refractivity contribution is 0.457. The van der Waals surface area contributed by atoms with Crippen molar-refractivity contribution in [3.05, 3.63) is 29.8 Å². The monoisotopic (exact) mass is 261 g/mol. The molecule has 1 aliphatic heterocycles. The molecule has 1 N–H and O–H groups in total. The Hall–Kier alpha value is -0.603. The lowest BCUT2D eigenvalue weighted by Gasteiger charge is -2.33. The highest BCUT2D eigenvalue weighted by Crippen LogP contribution is 2.24. The first-order chi connectivity index (χ1) is 8.63. The molecule has 0 spiro atoms. The zero-order chi connectivity index (χ0) is 13.0. The summed E-state index contributed by atoms with van der Waals surface area (Å²) in [4.78, 5) is 0. The molecule has 0 aromatic heterocycles. The second kappa shape index (κ2) is 6.03. The predicted molar refractivity (Wildman–Crippen MR) is 83.1 cm³/mol. The van der Waals surface area contributed by atoms with Crippen LogP contribution in [0, 0.1) is 5.92 Å². The van der Waals surface area contributed by atoms with Crippen molar-refractivity contribution in [1.82, 2.24) is 5.32 Å². The van der Waals surface area contributed by atoms with Crippen molar-refractivity contribution in [1.29, 1.82) is 0 Å². The Morgan fingerprint density at radius 2 is 2.06 bits per heavy atom. The summed E-state index contributed by atoms with van der Waals surface area (Å²) in [6.45, 7) is 9.68. The molecule has 1 atom stereocenters. The van der Waals surface area contributed by atoms with Crippen LogP contribution < -0.4 is 10.5 Å². The van der Waals surface area contributed by atoms with Crippen molar-refractivity contribution in [2.75, 3.05) is 6.54 Å². The molecule has 1 unspecified atom stereocenters. The minimum atomic E-state index is -1.25. The first-order valence-electron chi connectivity index (χ1n) is 7.42. The molecule has 1 aliphatic rings. The maximum atomic E-state index is 3.66. The zero-order valence-electron chi connectivity index (χ0n) is 12.1. The van der Waals surface area contributed by atoms with Crippen LogP contribution in [0.5, 0.6) is 0 Å². The molecule has 100 valence electrons. The highest BCUT2D eigenvalue weighted by Gasteiger charge is 2.30. The van der Waals surface area contributed by atoms with E-state index in [-0.39, 0.29) is 0 Å². The molecule has 18 heavy (non-hydrogen) atoms. The third-order valence-corrected chi connectivity index (χ3v) is 7.80. The number of nitrogens with one attached hydrogen (secondary N) is 1. The van der Waals surface area contributed by atoms with E-state index < -0.39 is 8.07 Å². The summed E-state index contributed by atoms with van der Waals surface area (Å²) >= 11 is 0. The molecule has 0 fully saturated rings. The topological polar surface area (TPSA) is 12.0 Å². The van der Waals surface area contributed by atoms with Gasteiger partial charge in [0.25, 0.3) is 0 Å². The van der Waals surface area contributed by atoms with Crippen LogP contribution in [-0.4, -0.2) is 14.6 Å². The van der Waals surface area contributed by atoms with Crippen molar-refractivity contribution in [3.63, 3.8) is 0 Å². The van der Waals surface area contributed by atoms with E-state index in [9.17, 15) is 0 Å². The van der Waals surface area contributed by atoms with Gasteiger partial charge in [0.05, 0.1) is 8.07 Å². The van der Waals surface area contributed by atoms with Crippen molar-refractivity contribution >= 4 is 13.3 Å². The Morgan fingerprint density at radius 3 is 2.83 bits per heavy atom. The largest absolute Gasteiger partial charge is 0.312 e. The SMILES string of the molecule is CCCCC1CNCc2ccccc2[Si](C)(C)C1. The summed E-state index contributed by atoms with van der Waals surface area (Å²) in [5.41, 5.74) is 1.54. The Kier molecular flexibility index (Phi) is 4.63. The quantitative estimate of drug-likeness (QED) is 0.821. The second-order valence-electron chi connectivity index (χ2n) is 6.38. The second-order valence-corrected chi connectivity index (χ2v) is 11.1. The van der Waals surface area contributed by atoms with Crippen LogP contribution in [0.15, 0.2) is 24.3 Å². The number of rotatable bonds is 3. The molecule has 1 aromatic carbocycles. The van der Waals surface area contributed by atoms with Gasteiger partial charge in [0.1, 0.15) is 0 Å². The van der Waals surface area contributed by atoms with Crippen LogP contribution in [0.25, 0.3) is 0 Å². The van der Waals surface area contributed by atoms with Gasteiger partial charge in [-0.15, -0.1) is 0 Å². The van der Waals surface area contributed by atoms with E-state index >= 15 is 0 Å². The molecule has 0 radical (unpaired) electrons. The molecule has 2 rings (SSSR count).